The highest BCUT2D eigenvalue weighted by Crippen LogP contribution is 2.18. The molecule has 1 rings (SSSR count). The first-order valence-corrected chi connectivity index (χ1v) is 15.8. The molecule has 1 fully saturated rings. The van der Waals surface area contributed by atoms with Crippen LogP contribution in [0.3, 0.4) is 0 Å². The highest BCUT2D eigenvalue weighted by Gasteiger charge is 2.35. The summed E-state index contributed by atoms with van der Waals surface area (Å²) >= 11 is 0. The predicted molar refractivity (Wildman–Crippen MR) is 178 cm³/mol. The molecule has 6 atom stereocenters. The molecule has 1 aliphatic heterocycles. The number of hydrogen-bond acceptors (Lipinski definition) is 11. The molecule has 276 valence electrons. The second-order valence-corrected chi connectivity index (χ2v) is 11.4. The van der Waals surface area contributed by atoms with Gasteiger partial charge in [-0.25, -0.2) is 0 Å². The number of aliphatic hydroxyl groups excluding tert-OH is 1. The van der Waals surface area contributed by atoms with Crippen LogP contribution >= 0.6 is 0 Å². The first-order valence-electron chi connectivity index (χ1n) is 15.8. The summed E-state index contributed by atoms with van der Waals surface area (Å²) in [6.45, 7) is 2.15. The SMILES string of the molecule is C[C@H](NC(=O)[C@H](CO)NC(=O)CN)C(=O)N[C@@H](CCCN=C(N)N)C(=O)N[C@@H](C)C(=O)N[C@@H](CCCN=C(N)N)C(=O)N1CCC[C@H]1C=O. The third-order valence-corrected chi connectivity index (χ3v) is 7.40. The quantitative estimate of drug-likeness (QED) is 0.0230. The Hall–Kier alpha value is -5.05. The van der Waals surface area contributed by atoms with E-state index < -0.39 is 84.8 Å². The van der Waals surface area contributed by atoms with Crippen molar-refractivity contribution in [2.24, 2.45) is 38.7 Å². The van der Waals surface area contributed by atoms with E-state index in [0.717, 1.165) is 0 Å². The summed E-state index contributed by atoms with van der Waals surface area (Å²) in [5.74, 6) is -4.62. The van der Waals surface area contributed by atoms with Gasteiger partial charge >= 0.3 is 0 Å². The maximum absolute atomic E-state index is 13.4. The lowest BCUT2D eigenvalue weighted by Crippen LogP contribution is -2.58. The molecule has 0 aromatic heterocycles. The van der Waals surface area contributed by atoms with Gasteiger partial charge in [0.2, 0.25) is 35.4 Å². The number of likely N-dealkylation sites (tertiary alicyclic amines) is 1. The zero-order valence-electron chi connectivity index (χ0n) is 27.9. The van der Waals surface area contributed by atoms with Gasteiger partial charge in [0, 0.05) is 19.6 Å². The van der Waals surface area contributed by atoms with Crippen molar-refractivity contribution in [1.82, 2.24) is 31.5 Å². The van der Waals surface area contributed by atoms with E-state index in [9.17, 15) is 38.7 Å². The highest BCUT2D eigenvalue weighted by molar-refractivity contribution is 5.96. The molecule has 0 radical (unpaired) electrons. The van der Waals surface area contributed by atoms with Gasteiger partial charge < -0.3 is 70.1 Å². The first kappa shape index (κ1) is 42.0. The van der Waals surface area contributed by atoms with Gasteiger partial charge in [0.05, 0.1) is 19.2 Å². The van der Waals surface area contributed by atoms with Crippen LogP contribution in [0, 0.1) is 0 Å². The van der Waals surface area contributed by atoms with Crippen LogP contribution in [0.1, 0.15) is 52.4 Å². The summed E-state index contributed by atoms with van der Waals surface area (Å²) in [4.78, 5) is 97.6. The number of nitrogens with zero attached hydrogens (tertiary/aromatic N) is 3. The van der Waals surface area contributed by atoms with Crippen LogP contribution in [0.4, 0.5) is 0 Å². The zero-order chi connectivity index (χ0) is 37.1. The van der Waals surface area contributed by atoms with E-state index >= 15 is 0 Å². The van der Waals surface area contributed by atoms with Gasteiger partial charge in [0.25, 0.3) is 0 Å². The molecule has 16 N–H and O–H groups in total. The van der Waals surface area contributed by atoms with Crippen molar-refractivity contribution in [2.75, 3.05) is 32.8 Å². The van der Waals surface area contributed by atoms with Crippen LogP contribution in [0.5, 0.6) is 0 Å². The third-order valence-electron chi connectivity index (χ3n) is 7.40. The van der Waals surface area contributed by atoms with Crippen LogP contribution in [0.25, 0.3) is 0 Å². The lowest BCUT2D eigenvalue weighted by molar-refractivity contribution is -0.139. The number of guanidine groups is 2. The number of amides is 6. The van der Waals surface area contributed by atoms with Crippen molar-refractivity contribution in [2.45, 2.75) is 88.6 Å². The molecule has 1 heterocycles. The Bertz CT molecular complexity index is 1220. The standard InChI is InChI=1S/C28H51N13O8/c1-15(37-25(48)20(14-43)38-21(44)12-29)22(45)39-18(7-3-9-34-27(30)31)24(47)36-16(2)23(46)40-19(8-4-10-35-28(32)33)26(49)41-11-5-6-17(41)13-42/h13,15-20,43H,3-12,14,29H2,1-2H3,(H,36,47)(H,37,48)(H,38,44)(H,39,45)(H,40,46)(H4,30,31,34)(H4,32,33,35)/t15-,16-,17-,18-,19-,20-/m0/s1. The highest BCUT2D eigenvalue weighted by atomic mass is 16.3. The fourth-order valence-corrected chi connectivity index (χ4v) is 4.74. The van der Waals surface area contributed by atoms with Crippen molar-refractivity contribution >= 4 is 53.6 Å². The molecule has 0 aromatic rings. The zero-order valence-corrected chi connectivity index (χ0v) is 27.9. The largest absolute Gasteiger partial charge is 0.394 e. The summed E-state index contributed by atoms with van der Waals surface area (Å²) in [6.07, 6.45) is 2.53. The summed E-state index contributed by atoms with van der Waals surface area (Å²) in [7, 11) is 0. The van der Waals surface area contributed by atoms with Crippen molar-refractivity contribution < 1.29 is 38.7 Å². The minimum atomic E-state index is -1.37. The Kier molecular flexibility index (Phi) is 18.6. The molecule has 0 bridgehead atoms. The van der Waals surface area contributed by atoms with E-state index in [1.165, 1.54) is 18.7 Å². The summed E-state index contributed by atoms with van der Waals surface area (Å²) < 4.78 is 0. The molecule has 21 heteroatoms. The van der Waals surface area contributed by atoms with Gasteiger partial charge in [-0.1, -0.05) is 0 Å². The van der Waals surface area contributed by atoms with E-state index in [1.807, 2.05) is 0 Å². The normalized spacial score (nSPS) is 16.8. The van der Waals surface area contributed by atoms with Gasteiger partial charge in [0.15, 0.2) is 11.9 Å². The maximum atomic E-state index is 13.4. The molecule has 0 aromatic carbocycles. The van der Waals surface area contributed by atoms with Crippen LogP contribution in [0.2, 0.25) is 0 Å². The van der Waals surface area contributed by atoms with Gasteiger partial charge in [-0.3, -0.25) is 38.8 Å². The number of aliphatic hydroxyl groups is 1. The molecule has 0 saturated carbocycles. The fraction of sp³-hybridized carbons (Fsp3) is 0.679. The van der Waals surface area contributed by atoms with Gasteiger partial charge in [-0.15, -0.1) is 0 Å². The van der Waals surface area contributed by atoms with E-state index in [-0.39, 0.29) is 44.3 Å². The number of hydrogen-bond donors (Lipinski definition) is 11. The van der Waals surface area contributed by atoms with Crippen molar-refractivity contribution in [3.63, 3.8) is 0 Å². The van der Waals surface area contributed by atoms with Crippen LogP contribution in [-0.4, -0.2) is 133 Å². The van der Waals surface area contributed by atoms with Gasteiger partial charge in [-0.2, -0.15) is 0 Å². The number of nitrogens with two attached hydrogens (primary N) is 5. The monoisotopic (exact) mass is 697 g/mol. The molecule has 6 amide bonds. The second-order valence-electron chi connectivity index (χ2n) is 11.4. The topological polar surface area (TPSA) is 358 Å². The second kappa shape index (κ2) is 21.8. The van der Waals surface area contributed by atoms with E-state index in [0.29, 0.717) is 32.1 Å². The molecule has 49 heavy (non-hydrogen) atoms. The molecule has 1 saturated heterocycles. The molecular weight excluding hydrogens is 646 g/mol. The minimum Gasteiger partial charge on any atom is -0.394 e. The van der Waals surface area contributed by atoms with Crippen molar-refractivity contribution in [1.29, 1.82) is 0 Å². The molecule has 0 unspecified atom stereocenters. The average molecular weight is 698 g/mol. The lowest BCUT2D eigenvalue weighted by Gasteiger charge is -2.28. The Morgan fingerprint density at radius 2 is 1.27 bits per heavy atom. The average Bonchev–Trinajstić information content (AvgIpc) is 3.54. The summed E-state index contributed by atoms with van der Waals surface area (Å²) in [6, 6.07) is -6.67. The number of rotatable bonds is 21. The van der Waals surface area contributed by atoms with Crippen molar-refractivity contribution in [3.05, 3.63) is 0 Å². The van der Waals surface area contributed by atoms with Crippen LogP contribution in [-0.2, 0) is 33.6 Å². The Morgan fingerprint density at radius 3 is 1.73 bits per heavy atom. The molecule has 1 aliphatic rings. The van der Waals surface area contributed by atoms with Gasteiger partial charge in [0.1, 0.15) is 36.5 Å². The van der Waals surface area contributed by atoms with Crippen LogP contribution < -0.4 is 55.3 Å². The number of aliphatic imine (C=N–C) groups is 2. The Morgan fingerprint density at radius 1 is 0.776 bits per heavy atom. The number of nitrogens with one attached hydrogen (secondary N) is 5. The van der Waals surface area contributed by atoms with E-state index in [2.05, 4.69) is 36.6 Å². The number of carbonyl (C=O) groups excluding carboxylic acids is 7. The molecule has 0 aliphatic carbocycles. The number of aldehydes is 1. The molecule has 21 nitrogen and oxygen atoms in total. The molecule has 0 spiro atoms. The third kappa shape index (κ3) is 15.1. The van der Waals surface area contributed by atoms with Crippen LogP contribution in [0.15, 0.2) is 9.98 Å². The van der Waals surface area contributed by atoms with E-state index in [4.69, 9.17) is 28.7 Å². The smallest absolute Gasteiger partial charge is 0.245 e. The summed E-state index contributed by atoms with van der Waals surface area (Å²) in [5, 5.41) is 21.7. The van der Waals surface area contributed by atoms with Crippen molar-refractivity contribution in [3.8, 4) is 0 Å². The molecular formula is C28H51N13O8. The first-order chi connectivity index (χ1) is 23.1. The van der Waals surface area contributed by atoms with Gasteiger partial charge in [-0.05, 0) is 52.4 Å². The van der Waals surface area contributed by atoms with E-state index in [1.54, 1.807) is 0 Å². The Labute approximate surface area is 284 Å². The maximum Gasteiger partial charge on any atom is 0.245 e. The Balaban J connectivity index is 3.02. The number of carbonyl (C=O) groups is 7. The summed E-state index contributed by atoms with van der Waals surface area (Å²) in [5.41, 5.74) is 26.7. The fourth-order valence-electron chi connectivity index (χ4n) is 4.74. The minimum absolute atomic E-state index is 0.0170. The lowest BCUT2D eigenvalue weighted by atomic mass is 10.1. The predicted octanol–water partition coefficient (Wildman–Crippen LogP) is -6.30.